The summed E-state index contributed by atoms with van der Waals surface area (Å²) >= 11 is 0. The van der Waals surface area contributed by atoms with Crippen molar-refractivity contribution in [1.82, 2.24) is 31.1 Å². The number of hydrogen-bond acceptors (Lipinski definition) is 7. The van der Waals surface area contributed by atoms with Crippen LogP contribution in [0.25, 0.3) is 11.0 Å². The van der Waals surface area contributed by atoms with Crippen molar-refractivity contribution in [3.8, 4) is 0 Å². The first-order chi connectivity index (χ1) is 13.3. The number of nitrogens with two attached hydrogens (primary N) is 1. The molecule has 2 aromatic rings. The molecule has 1 aromatic heterocycles. The van der Waals surface area contributed by atoms with Gasteiger partial charge in [-0.25, -0.2) is 0 Å². The van der Waals surface area contributed by atoms with Gasteiger partial charge in [-0.2, -0.15) is 0 Å². The van der Waals surface area contributed by atoms with Gasteiger partial charge in [0.15, 0.2) is 6.61 Å². The van der Waals surface area contributed by atoms with Crippen molar-refractivity contribution < 1.29 is 9.63 Å². The lowest BCUT2D eigenvalue weighted by Gasteiger charge is -2.08. The number of aromatic nitrogens is 3. The first kappa shape index (κ1) is 30.8. The average molecular weight is 487 g/mol. The Hall–Kier alpha value is -1.36. The van der Waals surface area contributed by atoms with E-state index in [0.29, 0.717) is 6.54 Å². The zero-order valence-corrected chi connectivity index (χ0v) is 19.5. The fourth-order valence-electron chi connectivity index (χ4n) is 2.53. The Morgan fingerprint density at radius 2 is 1.57 bits per heavy atom. The fourth-order valence-corrected chi connectivity index (χ4v) is 2.53. The second-order valence-electron chi connectivity index (χ2n) is 6.28. The normalized spacial score (nSPS) is 9.90. The van der Waals surface area contributed by atoms with E-state index in [1.54, 1.807) is 0 Å². The van der Waals surface area contributed by atoms with E-state index in [1.165, 1.54) is 4.85 Å². The van der Waals surface area contributed by atoms with Crippen molar-refractivity contribution in [2.24, 2.45) is 5.73 Å². The highest BCUT2D eigenvalue weighted by Crippen LogP contribution is 2.07. The Kier molecular flexibility index (Phi) is 20.1. The van der Waals surface area contributed by atoms with Crippen molar-refractivity contribution in [3.63, 3.8) is 0 Å². The van der Waals surface area contributed by atoms with Gasteiger partial charge in [0.2, 0.25) is 0 Å². The number of amides is 1. The summed E-state index contributed by atoms with van der Waals surface area (Å²) in [6.07, 6.45) is 4.21. The van der Waals surface area contributed by atoms with Crippen LogP contribution < -0.4 is 26.5 Å². The van der Waals surface area contributed by atoms with Gasteiger partial charge < -0.3 is 26.5 Å². The number of unbranched alkanes of at least 4 members (excludes halogenated alkanes) is 1. The van der Waals surface area contributed by atoms with E-state index in [2.05, 4.69) is 26.3 Å². The molecule has 0 aliphatic rings. The van der Waals surface area contributed by atoms with Crippen LogP contribution in [0.4, 0.5) is 0 Å². The molecule has 0 bridgehead atoms. The number of benzene rings is 1. The Bertz CT molecular complexity index is 676. The molecule has 0 atom stereocenters. The third kappa shape index (κ3) is 12.4. The van der Waals surface area contributed by atoms with Gasteiger partial charge in [-0.15, -0.1) is 42.3 Å². The van der Waals surface area contributed by atoms with Crippen LogP contribution in [0.1, 0.15) is 25.7 Å². The number of fused-ring (bicyclic) bond motifs is 1. The molecular formula is C18H34Cl3N7O2. The minimum atomic E-state index is -0.168. The molecule has 174 valence electrons. The van der Waals surface area contributed by atoms with Crippen LogP contribution in [0, 0.1) is 0 Å². The summed E-state index contributed by atoms with van der Waals surface area (Å²) in [5, 5.41) is 17.4. The summed E-state index contributed by atoms with van der Waals surface area (Å²) in [5.74, 6) is -0.168. The number of hydrogen-bond donors (Lipinski definition) is 4. The predicted octanol–water partition coefficient (Wildman–Crippen LogP) is 0.940. The maximum Gasteiger partial charge on any atom is 0.260 e. The van der Waals surface area contributed by atoms with Gasteiger partial charge in [0, 0.05) is 6.54 Å². The standard InChI is InChI=1S/C18H31N7O2.3ClH/c19-9-5-12-20-10-3-4-11-21-13-6-14-22-18(26)15-27-25-17-8-2-1-7-16(17)23-24-25;;;/h1-2,7-8,20-21H,3-6,9-15,19H2,(H,22,26);3*1H. The van der Waals surface area contributed by atoms with Gasteiger partial charge in [-0.05, 0) is 75.8 Å². The van der Waals surface area contributed by atoms with E-state index < -0.39 is 0 Å². The predicted molar refractivity (Wildman–Crippen MR) is 127 cm³/mol. The number of halogens is 3. The third-order valence-electron chi connectivity index (χ3n) is 4.01. The molecule has 12 heteroatoms. The summed E-state index contributed by atoms with van der Waals surface area (Å²) in [5.41, 5.74) is 6.91. The molecule has 5 N–H and O–H groups in total. The van der Waals surface area contributed by atoms with Gasteiger partial charge in [0.1, 0.15) is 11.0 Å². The van der Waals surface area contributed by atoms with E-state index >= 15 is 0 Å². The SMILES string of the molecule is Cl.Cl.Cl.NCCCNCCCCNCCCNC(=O)COn1nnc2ccccc21. The molecule has 9 nitrogen and oxygen atoms in total. The topological polar surface area (TPSA) is 119 Å². The second kappa shape index (κ2) is 19.6. The second-order valence-corrected chi connectivity index (χ2v) is 6.28. The van der Waals surface area contributed by atoms with Crippen molar-refractivity contribution >= 4 is 54.2 Å². The van der Waals surface area contributed by atoms with Gasteiger partial charge >= 0.3 is 0 Å². The molecule has 2 rings (SSSR count). The van der Waals surface area contributed by atoms with Crippen LogP contribution >= 0.6 is 37.2 Å². The zero-order valence-electron chi connectivity index (χ0n) is 17.0. The molecule has 0 unspecified atom stereocenters. The quantitative estimate of drug-likeness (QED) is 0.277. The molecule has 0 fully saturated rings. The van der Waals surface area contributed by atoms with Gasteiger partial charge in [0.05, 0.1) is 0 Å². The minimum Gasteiger partial charge on any atom is -0.385 e. The Morgan fingerprint density at radius 1 is 0.933 bits per heavy atom. The minimum absolute atomic E-state index is 0. The highest BCUT2D eigenvalue weighted by molar-refractivity contribution is 5.86. The molecule has 0 radical (unpaired) electrons. The van der Waals surface area contributed by atoms with Gasteiger partial charge in [0.25, 0.3) is 5.91 Å². The summed E-state index contributed by atoms with van der Waals surface area (Å²) in [4.78, 5) is 18.5. The fraction of sp³-hybridized carbons (Fsp3) is 0.611. The van der Waals surface area contributed by atoms with Crippen molar-refractivity contribution in [1.29, 1.82) is 0 Å². The number of nitrogens with one attached hydrogen (secondary N) is 3. The Morgan fingerprint density at radius 3 is 2.27 bits per heavy atom. The first-order valence-corrected chi connectivity index (χ1v) is 9.63. The Labute approximate surface area is 196 Å². The largest absolute Gasteiger partial charge is 0.385 e. The van der Waals surface area contributed by atoms with Gasteiger partial charge in [-0.3, -0.25) is 4.79 Å². The van der Waals surface area contributed by atoms with Crippen molar-refractivity contribution in [2.45, 2.75) is 25.7 Å². The molecular weight excluding hydrogens is 453 g/mol. The van der Waals surface area contributed by atoms with E-state index in [9.17, 15) is 4.79 Å². The number of carbonyl (C=O) groups is 1. The third-order valence-corrected chi connectivity index (χ3v) is 4.01. The maximum absolute atomic E-state index is 11.8. The first-order valence-electron chi connectivity index (χ1n) is 9.63. The molecule has 0 saturated heterocycles. The molecule has 0 spiro atoms. The molecule has 1 aromatic carbocycles. The van der Waals surface area contributed by atoms with E-state index in [0.717, 1.165) is 69.4 Å². The van der Waals surface area contributed by atoms with Crippen LogP contribution in [-0.2, 0) is 4.79 Å². The van der Waals surface area contributed by atoms with Crippen LogP contribution in [-0.4, -0.2) is 66.9 Å². The highest BCUT2D eigenvalue weighted by atomic mass is 35.5. The number of nitrogens with zero attached hydrogens (tertiary/aromatic N) is 3. The zero-order chi connectivity index (χ0) is 19.2. The smallest absolute Gasteiger partial charge is 0.260 e. The van der Waals surface area contributed by atoms with Crippen molar-refractivity contribution in [2.75, 3.05) is 45.9 Å². The van der Waals surface area contributed by atoms with Gasteiger partial charge in [-0.1, -0.05) is 17.0 Å². The lowest BCUT2D eigenvalue weighted by atomic mass is 10.3. The van der Waals surface area contributed by atoms with E-state index in [1.807, 2.05) is 24.3 Å². The molecule has 30 heavy (non-hydrogen) atoms. The van der Waals surface area contributed by atoms with Crippen LogP contribution in [0.5, 0.6) is 0 Å². The van der Waals surface area contributed by atoms with Crippen molar-refractivity contribution in [3.05, 3.63) is 24.3 Å². The number of rotatable bonds is 15. The van der Waals surface area contributed by atoms with Crippen LogP contribution in [0.2, 0.25) is 0 Å². The molecule has 1 heterocycles. The van der Waals surface area contributed by atoms with E-state index in [4.69, 9.17) is 10.6 Å². The molecule has 0 aliphatic heterocycles. The summed E-state index contributed by atoms with van der Waals surface area (Å²) in [6.45, 7) is 5.20. The summed E-state index contributed by atoms with van der Waals surface area (Å²) < 4.78 is 0. The van der Waals surface area contributed by atoms with E-state index in [-0.39, 0.29) is 49.7 Å². The maximum atomic E-state index is 11.8. The van der Waals surface area contributed by atoms with Crippen LogP contribution in [0.15, 0.2) is 24.3 Å². The van der Waals surface area contributed by atoms with Crippen LogP contribution in [0.3, 0.4) is 0 Å². The monoisotopic (exact) mass is 485 g/mol. The summed E-state index contributed by atoms with van der Waals surface area (Å²) in [7, 11) is 0. The number of para-hydroxylation sites is 1. The molecule has 1 amide bonds. The summed E-state index contributed by atoms with van der Waals surface area (Å²) in [6, 6.07) is 7.43. The average Bonchev–Trinajstić information content (AvgIpc) is 3.10. The molecule has 0 saturated carbocycles. The lowest BCUT2D eigenvalue weighted by Crippen LogP contribution is -2.33. The number of carbonyl (C=O) groups excluding carboxylic acids is 1. The lowest BCUT2D eigenvalue weighted by molar-refractivity contribution is -0.126. The highest BCUT2D eigenvalue weighted by Gasteiger charge is 2.06. The molecule has 0 aliphatic carbocycles. The Balaban J connectivity index is 0.